The van der Waals surface area contributed by atoms with Gasteiger partial charge in [-0.2, -0.15) is 0 Å². The van der Waals surface area contributed by atoms with Crippen LogP contribution in [0.4, 0.5) is 0 Å². The van der Waals surface area contributed by atoms with E-state index in [9.17, 15) is 9.59 Å². The summed E-state index contributed by atoms with van der Waals surface area (Å²) in [5.41, 5.74) is 0. The predicted octanol–water partition coefficient (Wildman–Crippen LogP) is 0.942. The van der Waals surface area contributed by atoms with Crippen molar-refractivity contribution in [2.45, 2.75) is 20.3 Å². The van der Waals surface area contributed by atoms with Crippen molar-refractivity contribution in [3.05, 3.63) is 0 Å². The van der Waals surface area contributed by atoms with E-state index in [4.69, 9.17) is 11.8 Å². The molecule has 0 spiro atoms. The molecule has 0 unspecified atom stereocenters. The molecule has 0 fully saturated rings. The summed E-state index contributed by atoms with van der Waals surface area (Å²) < 4.78 is 5.42. The first kappa shape index (κ1) is 11.2. The molecular formula is C7H12ClNO3. The lowest BCUT2D eigenvalue weighted by Gasteiger charge is -2.10. The molecular weight excluding hydrogens is 182 g/mol. The van der Waals surface area contributed by atoms with Gasteiger partial charge in [0.25, 0.3) is 0 Å². The van der Waals surface area contributed by atoms with Gasteiger partial charge in [0.05, 0.1) is 6.61 Å². The molecule has 0 atom stereocenters. The molecule has 0 aliphatic carbocycles. The van der Waals surface area contributed by atoms with Gasteiger partial charge in [0.2, 0.25) is 5.91 Å². The molecule has 0 aromatic heterocycles. The molecule has 0 radical (unpaired) electrons. The lowest BCUT2D eigenvalue weighted by atomic mass is 10.4. The lowest BCUT2D eigenvalue weighted by molar-refractivity contribution is -0.146. The topological polar surface area (TPSA) is 46.6 Å². The Morgan fingerprint density at radius 1 is 1.42 bits per heavy atom. The first-order chi connectivity index (χ1) is 5.61. The Morgan fingerprint density at radius 3 is 2.42 bits per heavy atom. The van der Waals surface area contributed by atoms with E-state index >= 15 is 0 Å². The van der Waals surface area contributed by atoms with E-state index in [2.05, 4.69) is 4.74 Å². The molecule has 0 aromatic rings. The minimum Gasteiger partial charge on any atom is -0.465 e. The smallest absolute Gasteiger partial charge is 0.327 e. The highest BCUT2D eigenvalue weighted by molar-refractivity contribution is 6.22. The Balaban J connectivity index is 3.75. The Hall–Kier alpha value is -0.770. The maximum Gasteiger partial charge on any atom is 0.327 e. The van der Waals surface area contributed by atoms with Crippen LogP contribution >= 0.6 is 11.8 Å². The van der Waals surface area contributed by atoms with Gasteiger partial charge < -0.3 is 4.74 Å². The third-order valence-corrected chi connectivity index (χ3v) is 1.45. The lowest BCUT2D eigenvalue weighted by Crippen LogP contribution is -2.28. The van der Waals surface area contributed by atoms with Crippen molar-refractivity contribution < 1.29 is 14.3 Å². The zero-order valence-corrected chi connectivity index (χ0v) is 7.93. The molecule has 1 amide bonds. The summed E-state index contributed by atoms with van der Waals surface area (Å²) in [4.78, 5) is 21.6. The summed E-state index contributed by atoms with van der Waals surface area (Å²) in [6.45, 7) is 3.47. The fourth-order valence-electron chi connectivity index (χ4n) is 0.580. The molecule has 0 saturated carbocycles. The Morgan fingerprint density at radius 2 is 2.00 bits per heavy atom. The first-order valence-corrected chi connectivity index (χ1v) is 4.07. The molecule has 70 valence electrons. The zero-order valence-electron chi connectivity index (χ0n) is 7.17. The number of amides is 1. The van der Waals surface area contributed by atoms with Gasteiger partial charge in [0.1, 0.15) is 6.54 Å². The Kier molecular flexibility index (Phi) is 5.45. The molecule has 0 bridgehead atoms. The van der Waals surface area contributed by atoms with E-state index < -0.39 is 5.97 Å². The van der Waals surface area contributed by atoms with Gasteiger partial charge in [-0.1, -0.05) is 6.92 Å². The average Bonchev–Trinajstić information content (AvgIpc) is 2.03. The minimum absolute atomic E-state index is 0.192. The first-order valence-electron chi connectivity index (χ1n) is 3.73. The highest BCUT2D eigenvalue weighted by Crippen LogP contribution is 1.98. The van der Waals surface area contributed by atoms with E-state index in [0.717, 1.165) is 4.42 Å². The van der Waals surface area contributed by atoms with Gasteiger partial charge in [-0.05, 0) is 6.92 Å². The molecule has 0 aliphatic heterocycles. The van der Waals surface area contributed by atoms with Crippen molar-refractivity contribution in [2.24, 2.45) is 0 Å². The Bertz CT molecular complexity index is 172. The minimum atomic E-state index is -0.491. The predicted molar refractivity (Wildman–Crippen MR) is 44.5 cm³/mol. The van der Waals surface area contributed by atoms with Crippen molar-refractivity contribution in [3.63, 3.8) is 0 Å². The number of rotatable bonds is 4. The maximum absolute atomic E-state index is 10.8. The fourth-order valence-corrected chi connectivity index (χ4v) is 0.797. The normalized spacial score (nSPS) is 9.25. The second-order valence-electron chi connectivity index (χ2n) is 2.07. The van der Waals surface area contributed by atoms with E-state index in [-0.39, 0.29) is 18.9 Å². The highest BCUT2D eigenvalue weighted by atomic mass is 35.5. The summed E-state index contributed by atoms with van der Waals surface area (Å²) in [6.07, 6.45) is 0.281. The number of hydrogen-bond acceptors (Lipinski definition) is 3. The molecule has 5 heteroatoms. The van der Waals surface area contributed by atoms with Crippen molar-refractivity contribution in [1.82, 2.24) is 4.42 Å². The average molecular weight is 194 g/mol. The van der Waals surface area contributed by atoms with Crippen LogP contribution in [0, 0.1) is 0 Å². The standard InChI is InChI=1S/C7H12ClNO3/c1-3-6(10)9(8)5-7(11)12-4-2/h3-5H2,1-2H3. The monoisotopic (exact) mass is 193 g/mol. The van der Waals surface area contributed by atoms with Gasteiger partial charge >= 0.3 is 5.97 Å². The van der Waals surface area contributed by atoms with Gasteiger partial charge in [-0.25, -0.2) is 4.42 Å². The van der Waals surface area contributed by atoms with E-state index in [1.54, 1.807) is 13.8 Å². The third-order valence-electron chi connectivity index (χ3n) is 1.15. The second-order valence-corrected chi connectivity index (χ2v) is 2.48. The summed E-state index contributed by atoms with van der Waals surface area (Å²) in [5, 5.41) is 0. The molecule has 12 heavy (non-hydrogen) atoms. The van der Waals surface area contributed by atoms with Crippen molar-refractivity contribution in [1.29, 1.82) is 0 Å². The summed E-state index contributed by atoms with van der Waals surface area (Å²) >= 11 is 5.44. The van der Waals surface area contributed by atoms with Gasteiger partial charge in [0, 0.05) is 18.2 Å². The van der Waals surface area contributed by atoms with Crippen LogP contribution in [0.1, 0.15) is 20.3 Å². The second kappa shape index (κ2) is 5.83. The SMILES string of the molecule is CCOC(=O)CN(Cl)C(=O)CC. The summed E-state index contributed by atoms with van der Waals surface area (Å²) in [5.74, 6) is -0.779. The van der Waals surface area contributed by atoms with Crippen LogP contribution < -0.4 is 0 Å². The van der Waals surface area contributed by atoms with Crippen LogP contribution in [-0.2, 0) is 14.3 Å². The molecule has 0 aromatic carbocycles. The molecule has 4 nitrogen and oxygen atoms in total. The number of carbonyl (C=O) groups is 2. The molecule has 0 saturated heterocycles. The number of nitrogens with zero attached hydrogens (tertiary/aromatic N) is 1. The zero-order chi connectivity index (χ0) is 9.56. The van der Waals surface area contributed by atoms with Crippen molar-refractivity contribution in [2.75, 3.05) is 13.2 Å². The largest absolute Gasteiger partial charge is 0.465 e. The van der Waals surface area contributed by atoms with Crippen LogP contribution in [-0.4, -0.2) is 29.4 Å². The van der Waals surface area contributed by atoms with Crippen LogP contribution in [0.5, 0.6) is 0 Å². The molecule has 0 heterocycles. The van der Waals surface area contributed by atoms with Gasteiger partial charge in [0.15, 0.2) is 0 Å². The quantitative estimate of drug-likeness (QED) is 0.493. The molecule has 0 aliphatic rings. The number of halogens is 1. The third kappa shape index (κ3) is 4.18. The van der Waals surface area contributed by atoms with Crippen LogP contribution in [0.15, 0.2) is 0 Å². The number of ether oxygens (including phenoxy) is 1. The van der Waals surface area contributed by atoms with Gasteiger partial charge in [-0.15, -0.1) is 0 Å². The summed E-state index contributed by atoms with van der Waals surface area (Å²) in [6, 6.07) is 0. The van der Waals surface area contributed by atoms with E-state index in [1.807, 2.05) is 0 Å². The van der Waals surface area contributed by atoms with Crippen LogP contribution in [0.2, 0.25) is 0 Å². The highest BCUT2D eigenvalue weighted by Gasteiger charge is 2.13. The maximum atomic E-state index is 10.8. The molecule has 0 N–H and O–H groups in total. The van der Waals surface area contributed by atoms with Crippen molar-refractivity contribution in [3.8, 4) is 0 Å². The van der Waals surface area contributed by atoms with Crippen LogP contribution in [0.25, 0.3) is 0 Å². The Labute approximate surface area is 76.5 Å². The number of carbonyl (C=O) groups excluding carboxylic acids is 2. The number of esters is 1. The van der Waals surface area contributed by atoms with E-state index in [1.165, 1.54) is 0 Å². The number of hydrogen-bond donors (Lipinski definition) is 0. The fraction of sp³-hybridized carbons (Fsp3) is 0.714. The van der Waals surface area contributed by atoms with E-state index in [0.29, 0.717) is 6.61 Å². The van der Waals surface area contributed by atoms with Crippen molar-refractivity contribution >= 4 is 23.7 Å². The summed E-state index contributed by atoms with van der Waals surface area (Å²) in [7, 11) is 0. The van der Waals surface area contributed by atoms with Gasteiger partial charge in [-0.3, -0.25) is 9.59 Å². The van der Waals surface area contributed by atoms with Crippen LogP contribution in [0.3, 0.4) is 0 Å². The molecule has 0 rings (SSSR count).